The van der Waals surface area contributed by atoms with E-state index in [1.165, 1.54) is 88.0 Å². The molecule has 2 heterocycles. The first-order valence-corrected chi connectivity index (χ1v) is 22.0. The van der Waals surface area contributed by atoms with Gasteiger partial charge in [-0.25, -0.2) is 0 Å². The van der Waals surface area contributed by atoms with E-state index in [2.05, 4.69) is 169 Å². The van der Waals surface area contributed by atoms with Gasteiger partial charge < -0.3 is 29.5 Å². The Morgan fingerprint density at radius 1 is 0.567 bits per heavy atom. The average Bonchev–Trinajstić information content (AvgIpc) is 3.89. The molecule has 7 aromatic carbocycles. The number of aryl methyl sites for hydroxylation is 3. The fourth-order valence-electron chi connectivity index (χ4n) is 13.5. The summed E-state index contributed by atoms with van der Waals surface area (Å²) in [6, 6.07) is 42.5. The summed E-state index contributed by atoms with van der Waals surface area (Å²) in [7, 11) is 8.98. The van der Waals surface area contributed by atoms with Crippen LogP contribution in [0.1, 0.15) is 51.8 Å². The van der Waals surface area contributed by atoms with Crippen LogP contribution in [0.15, 0.2) is 121 Å². The van der Waals surface area contributed by atoms with Crippen molar-refractivity contribution in [1.29, 1.82) is 0 Å². The van der Waals surface area contributed by atoms with Crippen LogP contribution in [0.5, 0.6) is 0 Å². The topological polar surface area (TPSA) is 53.4 Å². The molecule has 0 aromatic heterocycles. The molecule has 2 N–H and O–H groups in total. The smallest absolute Gasteiger partial charge is 0.400 e. The lowest BCUT2D eigenvalue weighted by Crippen LogP contribution is -2.65. The molecule has 1 fully saturated rings. The number of aliphatic hydroxyl groups is 2. The molecule has 0 bridgehead atoms. The zero-order chi connectivity index (χ0) is 40.3. The maximum Gasteiger partial charge on any atom is 0.411 e. The van der Waals surface area contributed by atoms with Gasteiger partial charge in [0.2, 0.25) is 0 Å². The monoisotopic (exact) mass is 782 g/mol. The van der Waals surface area contributed by atoms with Gasteiger partial charge in [-0.05, 0) is 143 Å². The van der Waals surface area contributed by atoms with Crippen LogP contribution in [0.3, 0.4) is 0 Å². The van der Waals surface area contributed by atoms with Gasteiger partial charge >= 0.3 is 14.0 Å². The molecular weight excluding hydrogens is 734 g/mol. The second-order valence-corrected chi connectivity index (χ2v) is 18.7. The van der Waals surface area contributed by atoms with Crippen molar-refractivity contribution in [1.82, 2.24) is 4.81 Å². The fourth-order valence-corrected chi connectivity index (χ4v) is 13.5. The van der Waals surface area contributed by atoms with Gasteiger partial charge in [0.15, 0.2) is 0 Å². The van der Waals surface area contributed by atoms with Crippen molar-refractivity contribution in [2.75, 3.05) is 42.6 Å². The quantitative estimate of drug-likeness (QED) is 0.181. The van der Waals surface area contributed by atoms with Gasteiger partial charge in [0.05, 0.1) is 12.2 Å². The van der Waals surface area contributed by atoms with E-state index < -0.39 is 18.1 Å². The van der Waals surface area contributed by atoms with Crippen LogP contribution in [-0.2, 0) is 19.3 Å². The normalized spacial score (nSPS) is 25.1. The summed E-state index contributed by atoms with van der Waals surface area (Å²) in [5.74, 6) is -0.774. The molecule has 6 nitrogen and oxygen atoms in total. The molecule has 294 valence electrons. The van der Waals surface area contributed by atoms with Crippen molar-refractivity contribution in [3.05, 3.63) is 155 Å². The molecule has 0 radical (unpaired) electrons. The van der Waals surface area contributed by atoms with E-state index in [9.17, 15) is 10.2 Å². The van der Waals surface area contributed by atoms with Crippen LogP contribution in [0, 0.1) is 11.8 Å². The van der Waals surface area contributed by atoms with Crippen LogP contribution in [0.4, 0.5) is 17.1 Å². The molecule has 0 saturated heterocycles. The minimum atomic E-state index is -0.710. The van der Waals surface area contributed by atoms with E-state index in [0.717, 1.165) is 36.9 Å². The molecule has 2 aliphatic heterocycles. The number of anilines is 3. The number of rotatable bonds is 4. The third kappa shape index (κ3) is 4.46. The molecular formula is C52H48B2N4O2. The lowest BCUT2D eigenvalue weighted by molar-refractivity contribution is -0.139. The summed E-state index contributed by atoms with van der Waals surface area (Å²) >= 11 is 0. The number of allylic oxidation sites excluding steroid dienone is 1. The SMILES string of the molecule is CN1B(c2cccc3ccccc23)N(C)C2c3c1ccc1c3C(=CC2C2C(O)C(c3cc4c5c(ccc6c5c3N(C)B(c3cccc5ccccc35)N6C)CC4)C2O)CC1. The van der Waals surface area contributed by atoms with E-state index >= 15 is 0 Å². The van der Waals surface area contributed by atoms with Gasteiger partial charge in [0.1, 0.15) is 0 Å². The van der Waals surface area contributed by atoms with E-state index in [4.69, 9.17) is 0 Å². The molecule has 0 spiro atoms. The Bertz CT molecular complexity index is 3020. The Balaban J connectivity index is 0.943. The first-order valence-electron chi connectivity index (χ1n) is 22.0. The number of benzene rings is 7. The largest absolute Gasteiger partial charge is 0.411 e. The minimum absolute atomic E-state index is 0.000969. The van der Waals surface area contributed by atoms with E-state index in [-0.39, 0.29) is 31.8 Å². The second-order valence-electron chi connectivity index (χ2n) is 18.7. The molecule has 60 heavy (non-hydrogen) atoms. The summed E-state index contributed by atoms with van der Waals surface area (Å²) in [4.78, 5) is 9.91. The molecule has 8 heteroatoms. The highest BCUT2D eigenvalue weighted by Crippen LogP contribution is 2.60. The highest BCUT2D eigenvalue weighted by molar-refractivity contribution is 6.83. The minimum Gasteiger partial charge on any atom is -0.400 e. The highest BCUT2D eigenvalue weighted by Gasteiger charge is 2.59. The predicted molar refractivity (Wildman–Crippen MR) is 250 cm³/mol. The highest BCUT2D eigenvalue weighted by atomic mass is 16.3. The third-order valence-electron chi connectivity index (χ3n) is 16.0. The molecule has 13 rings (SSSR count). The number of hydrogen-bond acceptors (Lipinski definition) is 6. The fraction of sp³-hybridized carbons (Fsp3) is 0.269. The summed E-state index contributed by atoms with van der Waals surface area (Å²) in [5.41, 5.74) is 15.6. The van der Waals surface area contributed by atoms with Crippen LogP contribution >= 0.6 is 0 Å². The first kappa shape index (κ1) is 35.2. The van der Waals surface area contributed by atoms with Crippen molar-refractivity contribution in [3.63, 3.8) is 0 Å². The Hall–Kier alpha value is -5.53. The Kier molecular flexibility index (Phi) is 7.35. The van der Waals surface area contributed by atoms with Gasteiger partial charge in [-0.1, -0.05) is 109 Å². The van der Waals surface area contributed by atoms with Crippen molar-refractivity contribution in [3.8, 4) is 0 Å². The van der Waals surface area contributed by atoms with Crippen molar-refractivity contribution >= 4 is 79.8 Å². The van der Waals surface area contributed by atoms with Gasteiger partial charge in [-0.3, -0.25) is 0 Å². The maximum absolute atomic E-state index is 12.9. The number of nitrogens with zero attached hydrogens (tertiary/aromatic N) is 4. The molecule has 4 unspecified atom stereocenters. The Labute approximate surface area is 352 Å². The number of hydrogen-bond donors (Lipinski definition) is 2. The van der Waals surface area contributed by atoms with Crippen LogP contribution < -0.4 is 25.4 Å². The van der Waals surface area contributed by atoms with Gasteiger partial charge in [0.25, 0.3) is 0 Å². The third-order valence-corrected chi connectivity index (χ3v) is 16.0. The first-order chi connectivity index (χ1) is 29.3. The molecule has 0 amide bonds. The van der Waals surface area contributed by atoms with Gasteiger partial charge in [0, 0.05) is 46.2 Å². The van der Waals surface area contributed by atoms with E-state index in [0.29, 0.717) is 0 Å². The average molecular weight is 783 g/mol. The lowest BCUT2D eigenvalue weighted by atomic mass is 9.53. The Morgan fingerprint density at radius 3 is 1.90 bits per heavy atom. The van der Waals surface area contributed by atoms with Crippen molar-refractivity contribution < 1.29 is 10.2 Å². The maximum atomic E-state index is 12.9. The van der Waals surface area contributed by atoms with Crippen LogP contribution in [0.25, 0.3) is 37.9 Å². The molecule has 4 atom stereocenters. The summed E-state index contributed by atoms with van der Waals surface area (Å²) in [6.07, 6.45) is 5.12. The zero-order valence-corrected chi connectivity index (χ0v) is 34.7. The lowest BCUT2D eigenvalue weighted by Gasteiger charge is -2.57. The summed E-state index contributed by atoms with van der Waals surface area (Å²) in [5, 5.41) is 33.4. The standard InChI is InChI=1S/C52H48B2N4O2/c1-55-41-25-23-31-19-21-33-27-37(49(47(41)43(31)33)57(3)53(55)39-17-9-13-29-11-5-7-15-35(29)39)45-51(59)46(52(45)60)38-28-34-22-20-32-24-26-42-48(44(32)34)50(38)58(4)54(56(42)2)40-18-10-14-30-12-6-8-16-36(30)40/h5-18,23-28,37,45-46,49,51-52,59-60H,19-22H2,1-4H3. The number of aliphatic hydroxyl groups excluding tert-OH is 2. The molecule has 7 aromatic rings. The van der Waals surface area contributed by atoms with E-state index in [1.54, 1.807) is 0 Å². The van der Waals surface area contributed by atoms with Gasteiger partial charge in [-0.15, -0.1) is 0 Å². The summed E-state index contributed by atoms with van der Waals surface area (Å²) in [6.45, 7) is -0.0874. The molecule has 6 aliphatic rings. The van der Waals surface area contributed by atoms with Crippen molar-refractivity contribution in [2.24, 2.45) is 11.8 Å². The predicted octanol–water partition coefficient (Wildman–Crippen LogP) is 7.44. The van der Waals surface area contributed by atoms with E-state index in [1.807, 2.05) is 0 Å². The van der Waals surface area contributed by atoms with Gasteiger partial charge in [-0.2, -0.15) is 0 Å². The molecule has 4 aliphatic carbocycles. The zero-order valence-electron chi connectivity index (χ0n) is 34.7. The Morgan fingerprint density at radius 2 is 1.17 bits per heavy atom. The number of fused-ring (bicyclic) bond motifs is 2. The van der Waals surface area contributed by atoms with Crippen LogP contribution in [-0.4, -0.2) is 69.4 Å². The van der Waals surface area contributed by atoms with Crippen molar-refractivity contribution in [2.45, 2.75) is 49.9 Å². The second kappa shape index (κ2) is 12.5. The summed E-state index contributed by atoms with van der Waals surface area (Å²) < 4.78 is 0. The van der Waals surface area contributed by atoms with Crippen LogP contribution in [0.2, 0.25) is 0 Å². The molecule has 1 saturated carbocycles.